The van der Waals surface area contributed by atoms with Crippen LogP contribution in [0.5, 0.6) is 5.75 Å². The lowest BCUT2D eigenvalue weighted by atomic mass is 9.99. The van der Waals surface area contributed by atoms with Crippen LogP contribution >= 0.6 is 0 Å². The number of likely N-dealkylation sites (tertiary alicyclic amines) is 1. The average molecular weight is 338 g/mol. The van der Waals surface area contributed by atoms with Gasteiger partial charge >= 0.3 is 0 Å². The van der Waals surface area contributed by atoms with Gasteiger partial charge in [-0.25, -0.2) is 0 Å². The van der Waals surface area contributed by atoms with Crippen LogP contribution in [-0.2, 0) is 6.54 Å². The minimum Gasteiger partial charge on any atom is -0.496 e. The topological polar surface area (TPSA) is 41.6 Å². The molecule has 0 spiro atoms. The maximum absolute atomic E-state index is 12.4. The largest absolute Gasteiger partial charge is 0.496 e. The van der Waals surface area contributed by atoms with Crippen LogP contribution in [0.25, 0.3) is 0 Å². The molecule has 0 aliphatic carbocycles. The highest BCUT2D eigenvalue weighted by molar-refractivity contribution is 6.06. The molecule has 2 aromatic rings. The molecule has 0 radical (unpaired) electrons. The number of nitrogens with zero attached hydrogens (tertiary/aromatic N) is 1. The summed E-state index contributed by atoms with van der Waals surface area (Å²) in [6, 6.07) is 15.4. The van der Waals surface area contributed by atoms with Gasteiger partial charge in [0, 0.05) is 12.2 Å². The molecule has 1 amide bonds. The monoisotopic (exact) mass is 338 g/mol. The molecular weight excluding hydrogens is 312 g/mol. The fourth-order valence-electron chi connectivity index (χ4n) is 3.20. The zero-order valence-corrected chi connectivity index (χ0v) is 15.0. The SMILES string of the molecule is COc1ccccc1C(=O)Nc1ccc(CN2CCC(C)CC2)cc1. The predicted molar refractivity (Wildman–Crippen MR) is 101 cm³/mol. The highest BCUT2D eigenvalue weighted by Crippen LogP contribution is 2.21. The van der Waals surface area contributed by atoms with Crippen LogP contribution in [0.3, 0.4) is 0 Å². The second-order valence-electron chi connectivity index (χ2n) is 6.81. The van der Waals surface area contributed by atoms with Gasteiger partial charge < -0.3 is 10.1 Å². The number of nitrogens with one attached hydrogen (secondary N) is 1. The van der Waals surface area contributed by atoms with Crippen molar-refractivity contribution in [1.82, 2.24) is 4.90 Å². The fourth-order valence-corrected chi connectivity index (χ4v) is 3.20. The number of para-hydroxylation sites is 1. The van der Waals surface area contributed by atoms with Crippen molar-refractivity contribution in [3.63, 3.8) is 0 Å². The van der Waals surface area contributed by atoms with Gasteiger partial charge in [-0.3, -0.25) is 9.69 Å². The van der Waals surface area contributed by atoms with Crippen molar-refractivity contribution < 1.29 is 9.53 Å². The van der Waals surface area contributed by atoms with Crippen LogP contribution in [0, 0.1) is 5.92 Å². The Kier molecular flexibility index (Phi) is 5.71. The van der Waals surface area contributed by atoms with Crippen LogP contribution < -0.4 is 10.1 Å². The summed E-state index contributed by atoms with van der Waals surface area (Å²) in [4.78, 5) is 14.9. The summed E-state index contributed by atoms with van der Waals surface area (Å²) in [5.74, 6) is 1.27. The average Bonchev–Trinajstić information content (AvgIpc) is 2.65. The first kappa shape index (κ1) is 17.5. The Labute approximate surface area is 149 Å². The Morgan fingerprint density at radius 3 is 2.48 bits per heavy atom. The van der Waals surface area contributed by atoms with Gasteiger partial charge in [0.1, 0.15) is 5.75 Å². The molecule has 1 saturated heterocycles. The maximum Gasteiger partial charge on any atom is 0.259 e. The van der Waals surface area contributed by atoms with E-state index in [1.54, 1.807) is 19.2 Å². The van der Waals surface area contributed by atoms with E-state index < -0.39 is 0 Å². The molecule has 0 saturated carbocycles. The summed E-state index contributed by atoms with van der Waals surface area (Å²) in [6.07, 6.45) is 2.57. The molecule has 1 N–H and O–H groups in total. The summed E-state index contributed by atoms with van der Waals surface area (Å²) in [5.41, 5.74) is 2.62. The van der Waals surface area contributed by atoms with Crippen LogP contribution in [0.1, 0.15) is 35.7 Å². The second kappa shape index (κ2) is 8.17. The molecule has 1 heterocycles. The van der Waals surface area contributed by atoms with Crippen LogP contribution in [0.4, 0.5) is 5.69 Å². The summed E-state index contributed by atoms with van der Waals surface area (Å²) < 4.78 is 5.25. The van der Waals surface area contributed by atoms with E-state index in [9.17, 15) is 4.79 Å². The van der Waals surface area contributed by atoms with Gasteiger partial charge in [-0.05, 0) is 61.7 Å². The quantitative estimate of drug-likeness (QED) is 0.889. The van der Waals surface area contributed by atoms with Crippen molar-refractivity contribution in [2.75, 3.05) is 25.5 Å². The standard InChI is InChI=1S/C21H26N2O2/c1-16-11-13-23(14-12-16)15-17-7-9-18(10-8-17)22-21(24)19-5-3-4-6-20(19)25-2/h3-10,16H,11-15H2,1-2H3,(H,22,24). The maximum atomic E-state index is 12.4. The van der Waals surface area contributed by atoms with Gasteiger partial charge in [0.25, 0.3) is 5.91 Å². The second-order valence-corrected chi connectivity index (χ2v) is 6.81. The van der Waals surface area contributed by atoms with E-state index in [-0.39, 0.29) is 5.91 Å². The minimum atomic E-state index is -0.157. The summed E-state index contributed by atoms with van der Waals surface area (Å²) in [5, 5.41) is 2.94. The molecule has 0 atom stereocenters. The Balaban J connectivity index is 1.60. The third kappa shape index (κ3) is 4.60. The van der Waals surface area contributed by atoms with Gasteiger partial charge in [-0.2, -0.15) is 0 Å². The van der Waals surface area contributed by atoms with Crippen molar-refractivity contribution in [2.24, 2.45) is 5.92 Å². The number of hydrogen-bond acceptors (Lipinski definition) is 3. The third-order valence-corrected chi connectivity index (χ3v) is 4.85. The number of carbonyl (C=O) groups is 1. The van der Waals surface area contributed by atoms with Gasteiger partial charge in [0.2, 0.25) is 0 Å². The molecule has 2 aromatic carbocycles. The Bertz CT molecular complexity index is 704. The number of rotatable bonds is 5. The van der Waals surface area contributed by atoms with E-state index in [0.29, 0.717) is 11.3 Å². The van der Waals surface area contributed by atoms with E-state index in [1.165, 1.54) is 31.5 Å². The van der Waals surface area contributed by atoms with Crippen LogP contribution in [0.2, 0.25) is 0 Å². The predicted octanol–water partition coefficient (Wildman–Crippen LogP) is 4.18. The molecule has 132 valence electrons. The molecule has 1 fully saturated rings. The fraction of sp³-hybridized carbons (Fsp3) is 0.381. The van der Waals surface area contributed by atoms with Crippen molar-refractivity contribution >= 4 is 11.6 Å². The molecule has 0 bridgehead atoms. The lowest BCUT2D eigenvalue weighted by Crippen LogP contribution is -2.32. The smallest absolute Gasteiger partial charge is 0.259 e. The van der Waals surface area contributed by atoms with Crippen LogP contribution in [0.15, 0.2) is 48.5 Å². The third-order valence-electron chi connectivity index (χ3n) is 4.85. The van der Waals surface area contributed by atoms with E-state index in [0.717, 1.165) is 18.2 Å². The molecule has 4 heteroatoms. The van der Waals surface area contributed by atoms with Crippen LogP contribution in [-0.4, -0.2) is 31.0 Å². The Morgan fingerprint density at radius 2 is 1.80 bits per heavy atom. The highest BCUT2D eigenvalue weighted by atomic mass is 16.5. The minimum absolute atomic E-state index is 0.157. The Hall–Kier alpha value is -2.33. The lowest BCUT2D eigenvalue weighted by molar-refractivity contribution is 0.102. The zero-order chi connectivity index (χ0) is 17.6. The molecule has 0 aromatic heterocycles. The number of benzene rings is 2. The van der Waals surface area contributed by atoms with Crippen molar-refractivity contribution in [2.45, 2.75) is 26.3 Å². The molecule has 4 nitrogen and oxygen atoms in total. The lowest BCUT2D eigenvalue weighted by Gasteiger charge is -2.30. The van der Waals surface area contributed by atoms with Crippen molar-refractivity contribution in [3.8, 4) is 5.75 Å². The number of carbonyl (C=O) groups excluding carboxylic acids is 1. The number of methoxy groups -OCH3 is 1. The van der Waals surface area contributed by atoms with Gasteiger partial charge in [-0.1, -0.05) is 31.2 Å². The first-order chi connectivity index (χ1) is 12.2. The van der Waals surface area contributed by atoms with E-state index in [2.05, 4.69) is 29.3 Å². The highest BCUT2D eigenvalue weighted by Gasteiger charge is 2.16. The number of ether oxygens (including phenoxy) is 1. The zero-order valence-electron chi connectivity index (χ0n) is 15.0. The van der Waals surface area contributed by atoms with E-state index >= 15 is 0 Å². The number of amides is 1. The van der Waals surface area contributed by atoms with E-state index in [1.807, 2.05) is 24.3 Å². The number of piperidine rings is 1. The molecule has 0 unspecified atom stereocenters. The van der Waals surface area contributed by atoms with Gasteiger partial charge in [0.05, 0.1) is 12.7 Å². The first-order valence-corrected chi connectivity index (χ1v) is 8.91. The summed E-state index contributed by atoms with van der Waals surface area (Å²) >= 11 is 0. The normalized spacial score (nSPS) is 15.8. The molecule has 25 heavy (non-hydrogen) atoms. The number of anilines is 1. The molecule has 3 rings (SSSR count). The molecular formula is C21H26N2O2. The summed E-state index contributed by atoms with van der Waals surface area (Å²) in [6.45, 7) is 5.66. The molecule has 1 aliphatic heterocycles. The number of hydrogen-bond donors (Lipinski definition) is 1. The van der Waals surface area contributed by atoms with Crippen molar-refractivity contribution in [3.05, 3.63) is 59.7 Å². The Morgan fingerprint density at radius 1 is 1.12 bits per heavy atom. The van der Waals surface area contributed by atoms with Crippen molar-refractivity contribution in [1.29, 1.82) is 0 Å². The van der Waals surface area contributed by atoms with Gasteiger partial charge in [0.15, 0.2) is 0 Å². The first-order valence-electron chi connectivity index (χ1n) is 8.91. The summed E-state index contributed by atoms with van der Waals surface area (Å²) in [7, 11) is 1.57. The van der Waals surface area contributed by atoms with E-state index in [4.69, 9.17) is 4.74 Å². The molecule has 1 aliphatic rings. The van der Waals surface area contributed by atoms with Gasteiger partial charge in [-0.15, -0.1) is 0 Å².